The number of hydrogen-bond acceptors (Lipinski definition) is 3. The van der Waals surface area contributed by atoms with E-state index in [1.807, 2.05) is 23.4 Å². The van der Waals surface area contributed by atoms with Crippen molar-refractivity contribution in [1.82, 2.24) is 10.2 Å². The molecule has 1 aliphatic heterocycles. The van der Waals surface area contributed by atoms with Crippen LogP contribution in [0.15, 0.2) is 35.7 Å². The summed E-state index contributed by atoms with van der Waals surface area (Å²) in [6, 6.07) is 10.7. The maximum absolute atomic E-state index is 12.8. The van der Waals surface area contributed by atoms with E-state index < -0.39 is 0 Å². The number of likely N-dealkylation sites (N-methyl/N-ethyl adjacent to an activating group) is 1. The first-order chi connectivity index (χ1) is 10.2. The molecule has 110 valence electrons. The zero-order valence-corrected chi connectivity index (χ0v) is 13.2. The van der Waals surface area contributed by atoms with Gasteiger partial charge in [0.15, 0.2) is 0 Å². The summed E-state index contributed by atoms with van der Waals surface area (Å²) in [5.41, 5.74) is 3.39. The number of rotatable bonds is 3. The van der Waals surface area contributed by atoms with Crippen LogP contribution in [0.2, 0.25) is 0 Å². The largest absolute Gasteiger partial charge is 0.337 e. The molecule has 1 aromatic carbocycles. The Morgan fingerprint density at radius 3 is 2.71 bits per heavy atom. The number of nitrogens with zero attached hydrogens (tertiary/aromatic N) is 1. The van der Waals surface area contributed by atoms with Crippen molar-refractivity contribution in [3.05, 3.63) is 46.2 Å². The molecule has 0 radical (unpaired) electrons. The van der Waals surface area contributed by atoms with Crippen LogP contribution >= 0.6 is 11.3 Å². The Kier molecular flexibility index (Phi) is 4.08. The van der Waals surface area contributed by atoms with Crippen molar-refractivity contribution in [3.8, 4) is 11.1 Å². The highest BCUT2D eigenvalue weighted by atomic mass is 32.1. The molecule has 1 fully saturated rings. The van der Waals surface area contributed by atoms with E-state index in [1.54, 1.807) is 0 Å². The van der Waals surface area contributed by atoms with Gasteiger partial charge >= 0.3 is 0 Å². The molecule has 0 bridgehead atoms. The van der Waals surface area contributed by atoms with Crippen LogP contribution in [0.3, 0.4) is 0 Å². The topological polar surface area (TPSA) is 32.3 Å². The molecule has 3 nitrogen and oxygen atoms in total. The predicted molar refractivity (Wildman–Crippen MR) is 87.9 cm³/mol. The maximum atomic E-state index is 12.8. The number of benzene rings is 1. The summed E-state index contributed by atoms with van der Waals surface area (Å²) in [6.07, 6.45) is 1.04. The number of hydrogen-bond donors (Lipinski definition) is 1. The van der Waals surface area contributed by atoms with Gasteiger partial charge in [0.1, 0.15) is 0 Å². The summed E-state index contributed by atoms with van der Waals surface area (Å²) >= 11 is 1.53. The number of aryl methyl sites for hydroxylation is 1. The Morgan fingerprint density at radius 2 is 2.05 bits per heavy atom. The third kappa shape index (κ3) is 2.87. The van der Waals surface area contributed by atoms with Crippen LogP contribution < -0.4 is 5.32 Å². The van der Waals surface area contributed by atoms with Crippen LogP contribution in [0.25, 0.3) is 11.1 Å². The van der Waals surface area contributed by atoms with Gasteiger partial charge in [-0.2, -0.15) is 0 Å². The highest BCUT2D eigenvalue weighted by molar-refractivity contribution is 7.12. The Morgan fingerprint density at radius 1 is 1.29 bits per heavy atom. The molecule has 0 saturated carbocycles. The van der Waals surface area contributed by atoms with Crippen molar-refractivity contribution in [2.75, 3.05) is 20.1 Å². The smallest absolute Gasteiger partial charge is 0.264 e. The predicted octanol–water partition coefficient (Wildman–Crippen LogP) is 3.16. The Bertz CT molecular complexity index is 626. The number of nitrogens with one attached hydrogen (secondary N) is 1. The molecule has 4 heteroatoms. The fourth-order valence-electron chi connectivity index (χ4n) is 2.73. The molecule has 1 amide bonds. The molecule has 3 rings (SSSR count). The fourth-order valence-corrected chi connectivity index (χ4v) is 3.63. The summed E-state index contributed by atoms with van der Waals surface area (Å²) < 4.78 is 0. The molecule has 0 spiro atoms. The van der Waals surface area contributed by atoms with Crippen molar-refractivity contribution in [2.45, 2.75) is 19.4 Å². The molecule has 1 unspecified atom stereocenters. The van der Waals surface area contributed by atoms with E-state index in [2.05, 4.69) is 36.5 Å². The zero-order chi connectivity index (χ0) is 14.8. The standard InChI is InChI=1S/C17H20N2OS/c1-12-3-5-13(6-4-12)15-8-10-21-16(15)17(20)19(2)14-7-9-18-11-14/h3-6,8,10,14,18H,7,9,11H2,1-2H3. The van der Waals surface area contributed by atoms with Crippen LogP contribution in [0.1, 0.15) is 21.7 Å². The number of thiophene rings is 1. The van der Waals surface area contributed by atoms with Crippen LogP contribution in [0.5, 0.6) is 0 Å². The fraction of sp³-hybridized carbons (Fsp3) is 0.353. The van der Waals surface area contributed by atoms with Crippen molar-refractivity contribution in [3.63, 3.8) is 0 Å². The van der Waals surface area contributed by atoms with Gasteiger partial charge in [0.25, 0.3) is 5.91 Å². The molecule has 0 aliphatic carbocycles. The quantitative estimate of drug-likeness (QED) is 0.944. The normalized spacial score (nSPS) is 17.9. The Balaban J connectivity index is 1.87. The minimum absolute atomic E-state index is 0.134. The molecule has 2 heterocycles. The Labute approximate surface area is 129 Å². The monoisotopic (exact) mass is 300 g/mol. The van der Waals surface area contributed by atoms with Crippen LogP contribution in [-0.2, 0) is 0 Å². The second kappa shape index (κ2) is 6.00. The molecule has 2 aromatic rings. The van der Waals surface area contributed by atoms with Gasteiger partial charge in [0.2, 0.25) is 0 Å². The molecular weight excluding hydrogens is 280 g/mol. The van der Waals surface area contributed by atoms with Gasteiger partial charge in [-0.25, -0.2) is 0 Å². The average Bonchev–Trinajstić information content (AvgIpc) is 3.17. The van der Waals surface area contributed by atoms with Crippen molar-refractivity contribution in [1.29, 1.82) is 0 Å². The molecule has 1 saturated heterocycles. The highest BCUT2D eigenvalue weighted by Crippen LogP contribution is 2.30. The second-order valence-electron chi connectivity index (χ2n) is 5.59. The SMILES string of the molecule is Cc1ccc(-c2ccsc2C(=O)N(C)C2CCNC2)cc1. The van der Waals surface area contributed by atoms with Gasteiger partial charge < -0.3 is 10.2 Å². The van der Waals surface area contributed by atoms with Crippen LogP contribution in [-0.4, -0.2) is 37.0 Å². The van der Waals surface area contributed by atoms with E-state index in [0.717, 1.165) is 35.5 Å². The minimum Gasteiger partial charge on any atom is -0.337 e. The second-order valence-corrected chi connectivity index (χ2v) is 6.51. The third-order valence-corrected chi connectivity index (χ3v) is 5.03. The first-order valence-electron chi connectivity index (χ1n) is 7.29. The first-order valence-corrected chi connectivity index (χ1v) is 8.17. The summed E-state index contributed by atoms with van der Waals surface area (Å²) in [5, 5.41) is 5.32. The molecule has 1 aliphatic rings. The number of carbonyl (C=O) groups is 1. The lowest BCUT2D eigenvalue weighted by Crippen LogP contribution is -2.38. The summed E-state index contributed by atoms with van der Waals surface area (Å²) in [7, 11) is 1.92. The van der Waals surface area contributed by atoms with E-state index in [4.69, 9.17) is 0 Å². The lowest BCUT2D eigenvalue weighted by atomic mass is 10.0. The first kappa shape index (κ1) is 14.3. The molecular formula is C17H20N2OS. The van der Waals surface area contributed by atoms with Crippen molar-refractivity contribution >= 4 is 17.2 Å². The van der Waals surface area contributed by atoms with E-state index in [-0.39, 0.29) is 5.91 Å². The van der Waals surface area contributed by atoms with E-state index >= 15 is 0 Å². The Hall–Kier alpha value is -1.65. The van der Waals surface area contributed by atoms with E-state index in [9.17, 15) is 4.79 Å². The minimum atomic E-state index is 0.134. The molecule has 1 atom stereocenters. The van der Waals surface area contributed by atoms with E-state index in [1.165, 1.54) is 16.9 Å². The van der Waals surface area contributed by atoms with Crippen LogP contribution in [0.4, 0.5) is 0 Å². The molecule has 1 N–H and O–H groups in total. The van der Waals surface area contributed by atoms with Crippen molar-refractivity contribution in [2.24, 2.45) is 0 Å². The third-order valence-electron chi connectivity index (χ3n) is 4.12. The van der Waals surface area contributed by atoms with Gasteiger partial charge in [-0.3, -0.25) is 4.79 Å². The van der Waals surface area contributed by atoms with Gasteiger partial charge in [0.05, 0.1) is 4.88 Å². The van der Waals surface area contributed by atoms with Gasteiger partial charge in [-0.15, -0.1) is 11.3 Å². The van der Waals surface area contributed by atoms with Gasteiger partial charge in [-0.1, -0.05) is 29.8 Å². The van der Waals surface area contributed by atoms with Gasteiger partial charge in [0, 0.05) is 25.2 Å². The average molecular weight is 300 g/mol. The summed E-state index contributed by atoms with van der Waals surface area (Å²) in [4.78, 5) is 15.5. The van der Waals surface area contributed by atoms with Crippen molar-refractivity contribution < 1.29 is 4.79 Å². The molecule has 21 heavy (non-hydrogen) atoms. The number of carbonyl (C=O) groups excluding carboxylic acids is 1. The van der Waals surface area contributed by atoms with E-state index in [0.29, 0.717) is 6.04 Å². The lowest BCUT2D eigenvalue weighted by Gasteiger charge is -2.23. The summed E-state index contributed by atoms with van der Waals surface area (Å²) in [6.45, 7) is 3.97. The summed E-state index contributed by atoms with van der Waals surface area (Å²) in [5.74, 6) is 0.134. The highest BCUT2D eigenvalue weighted by Gasteiger charge is 2.26. The number of amides is 1. The van der Waals surface area contributed by atoms with Gasteiger partial charge in [-0.05, 0) is 36.9 Å². The lowest BCUT2D eigenvalue weighted by molar-refractivity contribution is 0.0749. The molecule has 1 aromatic heterocycles. The maximum Gasteiger partial charge on any atom is 0.264 e. The zero-order valence-electron chi connectivity index (χ0n) is 12.4. The van der Waals surface area contributed by atoms with Crippen LogP contribution in [0, 0.1) is 6.92 Å².